The second-order valence-corrected chi connectivity index (χ2v) is 9.22. The Kier molecular flexibility index (Phi) is 7.64. The number of carbonyl (C=O) groups is 2. The predicted octanol–water partition coefficient (Wildman–Crippen LogP) is 5.27. The number of para-hydroxylation sites is 1. The lowest BCUT2D eigenvalue weighted by Gasteiger charge is -2.25. The third-order valence-corrected chi connectivity index (χ3v) is 6.79. The highest BCUT2D eigenvalue weighted by molar-refractivity contribution is 7.80. The number of thiocarbonyl (C=S) groups is 1. The molecule has 0 unspecified atom stereocenters. The van der Waals surface area contributed by atoms with Crippen LogP contribution in [-0.4, -0.2) is 40.5 Å². The van der Waals surface area contributed by atoms with Gasteiger partial charge in [-0.25, -0.2) is 9.18 Å². The minimum Gasteiger partial charge on any atom is -0.465 e. The van der Waals surface area contributed by atoms with Crippen molar-refractivity contribution in [1.29, 1.82) is 0 Å². The van der Waals surface area contributed by atoms with E-state index < -0.39 is 17.8 Å². The van der Waals surface area contributed by atoms with E-state index >= 15 is 0 Å². The second kappa shape index (κ2) is 11.4. The molecule has 39 heavy (non-hydrogen) atoms. The predicted molar refractivity (Wildman–Crippen MR) is 147 cm³/mol. The van der Waals surface area contributed by atoms with Crippen LogP contribution in [0.1, 0.15) is 40.3 Å². The van der Waals surface area contributed by atoms with Crippen LogP contribution in [0, 0.1) is 5.82 Å². The number of anilines is 1. The molecule has 2 N–H and O–H groups in total. The summed E-state index contributed by atoms with van der Waals surface area (Å²) in [6.45, 7) is 0.245. The molecule has 1 saturated heterocycles. The lowest BCUT2D eigenvalue weighted by Crippen LogP contribution is -2.32. The van der Waals surface area contributed by atoms with E-state index in [0.717, 1.165) is 5.69 Å². The monoisotopic (exact) mass is 544 g/mol. The minimum absolute atomic E-state index is 0.0559. The zero-order chi connectivity index (χ0) is 27.4. The van der Waals surface area contributed by atoms with E-state index in [0.29, 0.717) is 27.8 Å². The van der Waals surface area contributed by atoms with Gasteiger partial charge in [0.1, 0.15) is 23.4 Å². The highest BCUT2D eigenvalue weighted by Crippen LogP contribution is 2.41. The van der Waals surface area contributed by atoms with E-state index in [9.17, 15) is 14.0 Å². The molecule has 0 saturated carbocycles. The highest BCUT2D eigenvalue weighted by Gasteiger charge is 2.41. The lowest BCUT2D eigenvalue weighted by molar-refractivity contribution is -0.116. The molecule has 1 aliphatic rings. The van der Waals surface area contributed by atoms with Gasteiger partial charge in [-0.2, -0.15) is 0 Å². The molecule has 0 spiro atoms. The molecule has 3 heterocycles. The third-order valence-electron chi connectivity index (χ3n) is 6.44. The van der Waals surface area contributed by atoms with Gasteiger partial charge < -0.3 is 24.7 Å². The standard InChI is InChI=1S/C29H25FN4O4S/c1-37-28(36)19-9-3-2-8-18(19)23-13-14-24(38-23)27-26(22-12-6-7-16-31-22)33-29(39)34(27)17-15-25(35)32-21-11-5-4-10-20(21)30/h2-14,16,26-27H,15,17H2,1H3,(H,32,35)(H,33,39)/t26-,27-/m1/s1. The van der Waals surface area contributed by atoms with Crippen LogP contribution in [0.15, 0.2) is 89.5 Å². The Morgan fingerprint density at radius 2 is 1.85 bits per heavy atom. The van der Waals surface area contributed by atoms with Gasteiger partial charge in [-0.15, -0.1) is 0 Å². The summed E-state index contributed by atoms with van der Waals surface area (Å²) < 4.78 is 25.3. The van der Waals surface area contributed by atoms with Gasteiger partial charge in [0.15, 0.2) is 5.11 Å². The summed E-state index contributed by atoms with van der Waals surface area (Å²) in [6, 6.07) is 21.4. The fourth-order valence-corrected chi connectivity index (χ4v) is 4.93. The van der Waals surface area contributed by atoms with Gasteiger partial charge >= 0.3 is 5.97 Å². The van der Waals surface area contributed by atoms with Crippen molar-refractivity contribution in [1.82, 2.24) is 15.2 Å². The Morgan fingerprint density at radius 1 is 1.08 bits per heavy atom. The lowest BCUT2D eigenvalue weighted by atomic mass is 10.0. The Morgan fingerprint density at radius 3 is 2.62 bits per heavy atom. The maximum absolute atomic E-state index is 14.0. The number of halogens is 1. The molecule has 0 radical (unpaired) electrons. The Labute approximate surface area is 229 Å². The number of benzene rings is 2. The first-order valence-electron chi connectivity index (χ1n) is 12.3. The number of nitrogens with one attached hydrogen (secondary N) is 2. The second-order valence-electron chi connectivity index (χ2n) is 8.84. The van der Waals surface area contributed by atoms with Crippen LogP contribution < -0.4 is 10.6 Å². The molecule has 2 aromatic heterocycles. The number of methoxy groups -OCH3 is 1. The Hall–Kier alpha value is -4.57. The first-order chi connectivity index (χ1) is 19.0. The maximum Gasteiger partial charge on any atom is 0.338 e. The van der Waals surface area contributed by atoms with E-state index in [2.05, 4.69) is 15.6 Å². The van der Waals surface area contributed by atoms with Crippen molar-refractivity contribution < 1.29 is 23.1 Å². The summed E-state index contributed by atoms with van der Waals surface area (Å²) in [6.07, 6.45) is 1.75. The van der Waals surface area contributed by atoms with Crippen LogP contribution in [0.25, 0.3) is 11.3 Å². The van der Waals surface area contributed by atoms with Crippen LogP contribution >= 0.6 is 12.2 Å². The normalized spacial score (nSPS) is 16.6. The van der Waals surface area contributed by atoms with Gasteiger partial charge in [-0.1, -0.05) is 36.4 Å². The van der Waals surface area contributed by atoms with Gasteiger partial charge in [-0.05, 0) is 54.7 Å². The number of amides is 1. The number of rotatable bonds is 8. The number of pyridine rings is 1. The number of hydrogen-bond acceptors (Lipinski definition) is 6. The zero-order valence-corrected chi connectivity index (χ0v) is 21.8. The van der Waals surface area contributed by atoms with Gasteiger partial charge in [0.05, 0.1) is 30.1 Å². The minimum atomic E-state index is -0.507. The number of furan rings is 1. The molecular formula is C29H25FN4O4S. The molecular weight excluding hydrogens is 519 g/mol. The molecule has 2 atom stereocenters. The fraction of sp³-hybridized carbons (Fsp3) is 0.172. The summed E-state index contributed by atoms with van der Waals surface area (Å²) >= 11 is 5.66. The van der Waals surface area contributed by atoms with Crippen LogP contribution in [0.3, 0.4) is 0 Å². The van der Waals surface area contributed by atoms with Crippen molar-refractivity contribution in [2.45, 2.75) is 18.5 Å². The highest BCUT2D eigenvalue weighted by atomic mass is 32.1. The summed E-state index contributed by atoms with van der Waals surface area (Å²) in [5.74, 6) is -0.271. The molecule has 0 bridgehead atoms. The molecule has 4 aromatic rings. The van der Waals surface area contributed by atoms with Crippen molar-refractivity contribution in [2.24, 2.45) is 0 Å². The summed E-state index contributed by atoms with van der Waals surface area (Å²) in [7, 11) is 1.33. The van der Waals surface area contributed by atoms with Gasteiger partial charge in [-0.3, -0.25) is 9.78 Å². The molecule has 1 fully saturated rings. The van der Waals surface area contributed by atoms with Crippen LogP contribution in [-0.2, 0) is 9.53 Å². The number of esters is 1. The van der Waals surface area contributed by atoms with Gasteiger partial charge in [0, 0.05) is 24.7 Å². The van der Waals surface area contributed by atoms with Crippen molar-refractivity contribution in [3.8, 4) is 11.3 Å². The first-order valence-corrected chi connectivity index (χ1v) is 12.7. The van der Waals surface area contributed by atoms with E-state index in [4.69, 9.17) is 21.4 Å². The number of hydrogen-bond donors (Lipinski definition) is 2. The topological polar surface area (TPSA) is 96.7 Å². The Bertz CT molecular complexity index is 1510. The van der Waals surface area contributed by atoms with Crippen molar-refractivity contribution in [3.05, 3.63) is 108 Å². The van der Waals surface area contributed by atoms with E-state index in [1.165, 1.54) is 19.2 Å². The maximum atomic E-state index is 14.0. The smallest absolute Gasteiger partial charge is 0.338 e. The fourth-order valence-electron chi connectivity index (χ4n) is 4.60. The first kappa shape index (κ1) is 26.1. The van der Waals surface area contributed by atoms with Gasteiger partial charge in [0.2, 0.25) is 5.91 Å². The molecule has 8 nitrogen and oxygen atoms in total. The number of nitrogens with zero attached hydrogens (tertiary/aromatic N) is 2. The number of ether oxygens (including phenoxy) is 1. The Balaban J connectivity index is 1.43. The molecule has 2 aromatic carbocycles. The molecule has 0 aliphatic carbocycles. The zero-order valence-electron chi connectivity index (χ0n) is 21.0. The summed E-state index contributed by atoms with van der Waals surface area (Å²) in [5.41, 5.74) is 1.84. The SMILES string of the molecule is COC(=O)c1ccccc1-c1ccc([C@@H]2[C@@H](c3ccccn3)NC(=S)N2CCC(=O)Nc2ccccc2F)o1. The van der Waals surface area contributed by atoms with Crippen molar-refractivity contribution in [3.63, 3.8) is 0 Å². The van der Waals surface area contributed by atoms with Gasteiger partial charge in [0.25, 0.3) is 0 Å². The summed E-state index contributed by atoms with van der Waals surface area (Å²) in [5, 5.41) is 6.35. The van der Waals surface area contributed by atoms with E-state index in [1.54, 1.807) is 42.6 Å². The molecule has 10 heteroatoms. The average molecular weight is 545 g/mol. The molecule has 198 valence electrons. The van der Waals surface area contributed by atoms with E-state index in [1.807, 2.05) is 35.2 Å². The quantitative estimate of drug-likeness (QED) is 0.229. The molecule has 1 aliphatic heterocycles. The summed E-state index contributed by atoms with van der Waals surface area (Å²) in [4.78, 5) is 31.4. The number of aromatic nitrogens is 1. The largest absolute Gasteiger partial charge is 0.465 e. The van der Waals surface area contributed by atoms with Crippen LogP contribution in [0.2, 0.25) is 0 Å². The van der Waals surface area contributed by atoms with Crippen molar-refractivity contribution >= 4 is 34.9 Å². The van der Waals surface area contributed by atoms with Crippen LogP contribution in [0.4, 0.5) is 10.1 Å². The average Bonchev–Trinajstić information content (AvgIpc) is 3.57. The van der Waals surface area contributed by atoms with E-state index in [-0.39, 0.29) is 30.6 Å². The van der Waals surface area contributed by atoms with Crippen LogP contribution in [0.5, 0.6) is 0 Å². The third kappa shape index (κ3) is 5.51. The molecule has 5 rings (SSSR count). The van der Waals surface area contributed by atoms with Crippen molar-refractivity contribution in [2.75, 3.05) is 19.0 Å². The number of carbonyl (C=O) groups excluding carboxylic acids is 2. The molecule has 1 amide bonds.